The van der Waals surface area contributed by atoms with Crippen LogP contribution in [0.2, 0.25) is 0 Å². The van der Waals surface area contributed by atoms with Gasteiger partial charge >= 0.3 is 0 Å². The van der Waals surface area contributed by atoms with E-state index < -0.39 is 0 Å². The molecule has 1 aliphatic rings. The van der Waals surface area contributed by atoms with E-state index in [0.717, 1.165) is 0 Å². The average Bonchev–Trinajstić information content (AvgIpc) is 1.91. The van der Waals surface area contributed by atoms with Gasteiger partial charge in [0.2, 0.25) is 0 Å². The van der Waals surface area contributed by atoms with E-state index in [4.69, 9.17) is 5.73 Å². The lowest BCUT2D eigenvalue weighted by Crippen LogP contribution is -2.22. The van der Waals surface area contributed by atoms with Gasteiger partial charge in [-0.05, 0) is 0 Å². The molecule has 1 unspecified atom stereocenters. The molecule has 1 rings (SSSR count). The Morgan fingerprint density at radius 1 is 1.86 bits per heavy atom. The zero-order valence-corrected chi connectivity index (χ0v) is 5.22. The van der Waals surface area contributed by atoms with Crippen LogP contribution in [-0.2, 0) is 4.79 Å². The molecule has 0 bridgehead atoms. The summed E-state index contributed by atoms with van der Waals surface area (Å²) in [6.45, 7) is 0. The molecule has 4 heteroatoms. The largest absolute Gasteiger partial charge is 0.312 e. The average molecular weight is 135 g/mol. The molecule has 0 aromatic rings. The van der Waals surface area contributed by atoms with Crippen molar-refractivity contribution in [2.45, 2.75) is 5.37 Å². The Labute approximate surface area is 49.6 Å². The van der Waals surface area contributed by atoms with Crippen molar-refractivity contribution in [2.75, 3.05) is 5.75 Å². The summed E-state index contributed by atoms with van der Waals surface area (Å²) < 4.78 is 0. The third kappa shape index (κ3) is 1.11. The quantitative estimate of drug-likeness (QED) is 0.483. The smallest absolute Gasteiger partial charge is 0.171 e. The van der Waals surface area contributed by atoms with Gasteiger partial charge in [0.1, 0.15) is 5.37 Å². The topological polar surface area (TPSA) is 43.1 Å². The summed E-state index contributed by atoms with van der Waals surface area (Å²) in [6.07, 6.45) is 0. The molecular formula is C3H5NOS2. The molecular weight excluding hydrogens is 130 g/mol. The van der Waals surface area contributed by atoms with E-state index >= 15 is 0 Å². The van der Waals surface area contributed by atoms with Crippen LogP contribution in [0.4, 0.5) is 0 Å². The van der Waals surface area contributed by atoms with Crippen molar-refractivity contribution in [1.29, 1.82) is 0 Å². The first kappa shape index (κ1) is 5.47. The summed E-state index contributed by atoms with van der Waals surface area (Å²) in [4.78, 5) is 10.4. The first-order valence-electron chi connectivity index (χ1n) is 1.87. The van der Waals surface area contributed by atoms with Gasteiger partial charge in [0, 0.05) is 0 Å². The number of hydrogen-bond acceptors (Lipinski definition) is 4. The van der Waals surface area contributed by atoms with Crippen molar-refractivity contribution in [1.82, 2.24) is 0 Å². The van der Waals surface area contributed by atoms with Gasteiger partial charge in [-0.3, -0.25) is 4.79 Å². The van der Waals surface area contributed by atoms with Gasteiger partial charge in [0.15, 0.2) is 5.78 Å². The van der Waals surface area contributed by atoms with Gasteiger partial charge < -0.3 is 5.73 Å². The Kier molecular flexibility index (Phi) is 1.61. The van der Waals surface area contributed by atoms with Gasteiger partial charge in [-0.25, -0.2) is 0 Å². The highest BCUT2D eigenvalue weighted by Crippen LogP contribution is 2.31. The summed E-state index contributed by atoms with van der Waals surface area (Å²) in [5, 5.41) is -0.245. The molecule has 1 atom stereocenters. The van der Waals surface area contributed by atoms with Crippen LogP contribution in [0.3, 0.4) is 0 Å². The first-order valence-corrected chi connectivity index (χ1v) is 4.25. The van der Waals surface area contributed by atoms with Crippen LogP contribution in [0.5, 0.6) is 0 Å². The minimum atomic E-state index is -0.245. The summed E-state index contributed by atoms with van der Waals surface area (Å²) in [7, 11) is 2.98. The van der Waals surface area contributed by atoms with Crippen LogP contribution in [0.1, 0.15) is 0 Å². The van der Waals surface area contributed by atoms with Gasteiger partial charge in [0.25, 0.3) is 0 Å². The molecule has 0 aliphatic carbocycles. The molecule has 2 nitrogen and oxygen atoms in total. The second-order valence-electron chi connectivity index (χ2n) is 1.25. The fourth-order valence-electron chi connectivity index (χ4n) is 0.301. The van der Waals surface area contributed by atoms with E-state index in [9.17, 15) is 4.79 Å². The maximum Gasteiger partial charge on any atom is 0.171 e. The van der Waals surface area contributed by atoms with E-state index in [1.807, 2.05) is 0 Å². The lowest BCUT2D eigenvalue weighted by molar-refractivity contribution is -0.115. The molecule has 0 aromatic heterocycles. The van der Waals surface area contributed by atoms with Gasteiger partial charge in [0.05, 0.1) is 5.75 Å². The molecule has 40 valence electrons. The molecule has 1 saturated heterocycles. The summed E-state index contributed by atoms with van der Waals surface area (Å²) in [5.41, 5.74) is 5.27. The van der Waals surface area contributed by atoms with Crippen LogP contribution in [0.15, 0.2) is 0 Å². The Morgan fingerprint density at radius 3 is 2.71 bits per heavy atom. The molecule has 0 spiro atoms. The molecule has 2 N–H and O–H groups in total. The molecule has 7 heavy (non-hydrogen) atoms. The number of carbonyl (C=O) groups excluding carboxylic acids is 1. The molecule has 1 heterocycles. The highest BCUT2D eigenvalue weighted by atomic mass is 33.1. The van der Waals surface area contributed by atoms with Crippen molar-refractivity contribution in [3.05, 3.63) is 0 Å². The second kappa shape index (κ2) is 2.07. The van der Waals surface area contributed by atoms with E-state index in [1.165, 1.54) is 21.6 Å². The van der Waals surface area contributed by atoms with E-state index in [1.54, 1.807) is 0 Å². The van der Waals surface area contributed by atoms with E-state index in [0.29, 0.717) is 5.75 Å². The van der Waals surface area contributed by atoms with Crippen molar-refractivity contribution in [3.8, 4) is 0 Å². The first-order chi connectivity index (χ1) is 3.30. The Morgan fingerprint density at radius 2 is 2.57 bits per heavy atom. The van der Waals surface area contributed by atoms with Gasteiger partial charge in [-0.15, -0.1) is 0 Å². The predicted octanol–water partition coefficient (Wildman–Crippen LogP) is 0.235. The van der Waals surface area contributed by atoms with Crippen LogP contribution < -0.4 is 5.73 Å². The predicted molar refractivity (Wildman–Crippen MR) is 33.0 cm³/mol. The number of nitrogens with two attached hydrogens (primary N) is 1. The maximum absolute atomic E-state index is 10.4. The normalized spacial score (nSPS) is 31.6. The fraction of sp³-hybridized carbons (Fsp3) is 0.667. The minimum Gasteiger partial charge on any atom is -0.312 e. The van der Waals surface area contributed by atoms with Gasteiger partial charge in [-0.2, -0.15) is 0 Å². The van der Waals surface area contributed by atoms with Crippen molar-refractivity contribution in [3.63, 3.8) is 0 Å². The second-order valence-corrected chi connectivity index (χ2v) is 3.75. The number of hydrogen-bond donors (Lipinski definition) is 1. The fourth-order valence-corrected chi connectivity index (χ4v) is 2.42. The standard InChI is InChI=1S/C3H5NOS2/c4-3-2(5)1-6-7-3/h3H,1,4H2. The third-order valence-electron chi connectivity index (χ3n) is 0.690. The Hall–Kier alpha value is 0.330. The summed E-state index contributed by atoms with van der Waals surface area (Å²) in [5.74, 6) is 0.751. The van der Waals surface area contributed by atoms with Crippen LogP contribution in [0.25, 0.3) is 0 Å². The molecule has 1 fully saturated rings. The molecule has 0 saturated carbocycles. The summed E-state index contributed by atoms with van der Waals surface area (Å²) >= 11 is 0. The number of Topliss-reactive ketones (excluding diaryl/α,β-unsaturated/α-hetero) is 1. The van der Waals surface area contributed by atoms with Crippen molar-refractivity contribution >= 4 is 27.4 Å². The SMILES string of the molecule is NC1SSCC1=O. The lowest BCUT2D eigenvalue weighted by Gasteiger charge is -1.89. The number of rotatable bonds is 0. The monoisotopic (exact) mass is 135 g/mol. The Balaban J connectivity index is 2.48. The Bertz CT molecular complexity index is 94.9. The van der Waals surface area contributed by atoms with Crippen LogP contribution in [-0.4, -0.2) is 16.9 Å². The highest BCUT2D eigenvalue weighted by Gasteiger charge is 2.20. The zero-order chi connectivity index (χ0) is 5.28. The molecule has 0 radical (unpaired) electrons. The van der Waals surface area contributed by atoms with Crippen LogP contribution in [0, 0.1) is 0 Å². The zero-order valence-electron chi connectivity index (χ0n) is 3.59. The van der Waals surface area contributed by atoms with Crippen molar-refractivity contribution in [2.24, 2.45) is 5.73 Å². The molecule has 1 aliphatic heterocycles. The van der Waals surface area contributed by atoms with Crippen LogP contribution >= 0.6 is 21.6 Å². The highest BCUT2D eigenvalue weighted by molar-refractivity contribution is 8.78. The van der Waals surface area contributed by atoms with E-state index in [2.05, 4.69) is 0 Å². The molecule has 0 amide bonds. The van der Waals surface area contributed by atoms with Gasteiger partial charge in [-0.1, -0.05) is 21.6 Å². The number of carbonyl (C=O) groups is 1. The minimum absolute atomic E-state index is 0.162. The maximum atomic E-state index is 10.4. The lowest BCUT2D eigenvalue weighted by atomic mass is 10.5. The third-order valence-corrected chi connectivity index (χ3v) is 3.08. The van der Waals surface area contributed by atoms with Crippen molar-refractivity contribution < 1.29 is 4.79 Å². The van der Waals surface area contributed by atoms with E-state index in [-0.39, 0.29) is 11.2 Å². The molecule has 0 aromatic carbocycles. The number of ketones is 1. The summed E-state index contributed by atoms with van der Waals surface area (Å²) in [6, 6.07) is 0.